The number of carbonyl (C=O) groups is 1. The van der Waals surface area contributed by atoms with Crippen LogP contribution >= 0.6 is 11.3 Å². The number of aromatic nitrogens is 3. The Labute approximate surface area is 156 Å². The number of aryl methyl sites for hydroxylation is 1. The minimum absolute atomic E-state index is 0.0125. The summed E-state index contributed by atoms with van der Waals surface area (Å²) >= 11 is 1.57. The highest BCUT2D eigenvalue weighted by molar-refractivity contribution is 7.14. The zero-order valence-electron chi connectivity index (χ0n) is 14.9. The van der Waals surface area contributed by atoms with Crippen molar-refractivity contribution in [2.75, 3.05) is 18.4 Å². The van der Waals surface area contributed by atoms with Crippen LogP contribution < -0.4 is 5.32 Å². The fourth-order valence-electron chi connectivity index (χ4n) is 3.35. The Balaban J connectivity index is 1.53. The van der Waals surface area contributed by atoms with Gasteiger partial charge in [-0.1, -0.05) is 23.5 Å². The molecule has 1 unspecified atom stereocenters. The van der Waals surface area contributed by atoms with Crippen molar-refractivity contribution in [2.45, 2.75) is 32.7 Å². The molecule has 1 atom stereocenters. The average molecular weight is 367 g/mol. The molecule has 3 aromatic rings. The predicted octanol–water partition coefficient (Wildman–Crippen LogP) is 3.48. The lowest BCUT2D eigenvalue weighted by atomic mass is 10.1. The van der Waals surface area contributed by atoms with Crippen molar-refractivity contribution in [3.63, 3.8) is 0 Å². The predicted molar refractivity (Wildman–Crippen MR) is 104 cm³/mol. The van der Waals surface area contributed by atoms with E-state index in [0.29, 0.717) is 18.4 Å². The number of benzene rings is 1. The van der Waals surface area contributed by atoms with E-state index in [1.165, 1.54) is 0 Å². The van der Waals surface area contributed by atoms with E-state index in [1.54, 1.807) is 17.5 Å². The van der Waals surface area contributed by atoms with E-state index < -0.39 is 0 Å². The van der Waals surface area contributed by atoms with Crippen LogP contribution in [0.15, 0.2) is 30.5 Å². The number of fused-ring (bicyclic) bond motifs is 1. The minimum Gasteiger partial charge on any atom is -0.310 e. The van der Waals surface area contributed by atoms with E-state index >= 15 is 0 Å². The molecule has 0 bridgehead atoms. The van der Waals surface area contributed by atoms with Crippen LogP contribution in [0.4, 0.5) is 5.82 Å². The molecule has 1 aliphatic heterocycles. The smallest absolute Gasteiger partial charge is 0.239 e. The number of pyridine rings is 1. The molecule has 4 rings (SSSR count). The van der Waals surface area contributed by atoms with Crippen LogP contribution in [0, 0.1) is 6.92 Å². The number of nitrogens with zero attached hydrogens (tertiary/aromatic N) is 4. The van der Waals surface area contributed by atoms with Crippen molar-refractivity contribution in [2.24, 2.45) is 0 Å². The second kappa shape index (κ2) is 7.09. The molecule has 0 aliphatic carbocycles. The first kappa shape index (κ1) is 17.1. The quantitative estimate of drug-likeness (QED) is 0.764. The second-order valence-electron chi connectivity index (χ2n) is 6.77. The summed E-state index contributed by atoms with van der Waals surface area (Å²) in [6.45, 7) is 5.53. The Morgan fingerprint density at radius 2 is 2.19 bits per heavy atom. The molecule has 134 valence electrons. The summed E-state index contributed by atoms with van der Waals surface area (Å²) in [5.41, 5.74) is 1.03. The molecule has 1 aromatic carbocycles. The third-order valence-electron chi connectivity index (χ3n) is 4.80. The first-order valence-corrected chi connectivity index (χ1v) is 9.64. The summed E-state index contributed by atoms with van der Waals surface area (Å²) in [5.74, 6) is 0.571. The first-order chi connectivity index (χ1) is 12.6. The Hall–Kier alpha value is -2.38. The molecule has 1 amide bonds. The fourth-order valence-corrected chi connectivity index (χ4v) is 4.04. The van der Waals surface area contributed by atoms with Gasteiger partial charge in [0.2, 0.25) is 5.91 Å². The van der Waals surface area contributed by atoms with Gasteiger partial charge in [-0.2, -0.15) is 0 Å². The maximum Gasteiger partial charge on any atom is 0.239 e. The van der Waals surface area contributed by atoms with Crippen molar-refractivity contribution in [1.82, 2.24) is 20.1 Å². The van der Waals surface area contributed by atoms with Gasteiger partial charge in [-0.05, 0) is 50.8 Å². The summed E-state index contributed by atoms with van der Waals surface area (Å²) in [5, 5.41) is 15.1. The highest BCUT2D eigenvalue weighted by atomic mass is 32.1. The highest BCUT2D eigenvalue weighted by Gasteiger charge is 2.22. The fraction of sp³-hybridized carbons (Fsp3) is 0.368. The van der Waals surface area contributed by atoms with Crippen LogP contribution in [-0.2, 0) is 4.79 Å². The van der Waals surface area contributed by atoms with Crippen LogP contribution in [0.2, 0.25) is 0 Å². The zero-order valence-corrected chi connectivity index (χ0v) is 15.7. The maximum atomic E-state index is 12.3. The normalized spacial score (nSPS) is 17.7. The summed E-state index contributed by atoms with van der Waals surface area (Å²) in [7, 11) is 0. The standard InChI is InChI=1S/C19H21N5OS/c1-12-4-3-7-24(12)11-18(25)21-17-9-16-8-14(5-6-15(16)10-20-17)19-23-22-13(2)26-19/h5-6,8-10,12H,3-4,7,11H2,1-2H3,(H,20,21,25). The second-order valence-corrected chi connectivity index (χ2v) is 7.95. The van der Waals surface area contributed by atoms with Gasteiger partial charge in [-0.15, -0.1) is 10.2 Å². The highest BCUT2D eigenvalue weighted by Crippen LogP contribution is 2.27. The van der Waals surface area contributed by atoms with Crippen molar-refractivity contribution in [3.8, 4) is 10.6 Å². The van der Waals surface area contributed by atoms with Gasteiger partial charge < -0.3 is 5.32 Å². The number of carbonyl (C=O) groups excluding carboxylic acids is 1. The van der Waals surface area contributed by atoms with E-state index in [-0.39, 0.29) is 5.91 Å². The van der Waals surface area contributed by atoms with Crippen LogP contribution in [-0.4, -0.2) is 45.1 Å². The third kappa shape index (κ3) is 3.59. The molecule has 3 heterocycles. The van der Waals surface area contributed by atoms with Crippen LogP contribution in [0.1, 0.15) is 24.8 Å². The Morgan fingerprint density at radius 3 is 2.92 bits per heavy atom. The summed E-state index contributed by atoms with van der Waals surface area (Å²) in [4.78, 5) is 18.9. The third-order valence-corrected chi connectivity index (χ3v) is 5.69. The van der Waals surface area contributed by atoms with Crippen molar-refractivity contribution < 1.29 is 4.79 Å². The molecule has 1 saturated heterocycles. The molecular formula is C19H21N5OS. The van der Waals surface area contributed by atoms with Gasteiger partial charge in [-0.3, -0.25) is 9.69 Å². The molecule has 2 aromatic heterocycles. The lowest BCUT2D eigenvalue weighted by molar-refractivity contribution is -0.117. The molecule has 26 heavy (non-hydrogen) atoms. The summed E-state index contributed by atoms with van der Waals surface area (Å²) in [6, 6.07) is 8.50. The number of hydrogen-bond donors (Lipinski definition) is 1. The van der Waals surface area contributed by atoms with E-state index in [1.807, 2.05) is 25.1 Å². The number of anilines is 1. The molecule has 6 nitrogen and oxygen atoms in total. The molecule has 7 heteroatoms. The number of nitrogens with one attached hydrogen (secondary N) is 1. The monoisotopic (exact) mass is 367 g/mol. The molecular weight excluding hydrogens is 346 g/mol. The van der Waals surface area contributed by atoms with E-state index in [4.69, 9.17) is 0 Å². The lowest BCUT2D eigenvalue weighted by Gasteiger charge is -2.19. The molecule has 0 radical (unpaired) electrons. The van der Waals surface area contributed by atoms with Gasteiger partial charge in [0.1, 0.15) is 15.8 Å². The van der Waals surface area contributed by atoms with Crippen LogP contribution in [0.25, 0.3) is 21.3 Å². The average Bonchev–Trinajstić information content (AvgIpc) is 3.23. The topological polar surface area (TPSA) is 71.0 Å². The Bertz CT molecular complexity index is 954. The Morgan fingerprint density at radius 1 is 1.31 bits per heavy atom. The first-order valence-electron chi connectivity index (χ1n) is 8.83. The van der Waals surface area contributed by atoms with Crippen molar-refractivity contribution in [1.29, 1.82) is 0 Å². The molecule has 1 fully saturated rings. The SMILES string of the molecule is Cc1nnc(-c2ccc3cnc(NC(=O)CN4CCCC4C)cc3c2)s1. The van der Waals surface area contributed by atoms with Gasteiger partial charge in [0.25, 0.3) is 0 Å². The number of rotatable bonds is 4. The minimum atomic E-state index is -0.0125. The van der Waals surface area contributed by atoms with E-state index in [2.05, 4.69) is 38.4 Å². The van der Waals surface area contributed by atoms with E-state index in [9.17, 15) is 4.79 Å². The maximum absolute atomic E-state index is 12.3. The lowest BCUT2D eigenvalue weighted by Crippen LogP contribution is -2.35. The van der Waals surface area contributed by atoms with Gasteiger partial charge in [-0.25, -0.2) is 4.98 Å². The molecule has 0 saturated carbocycles. The van der Waals surface area contributed by atoms with Gasteiger partial charge in [0.05, 0.1) is 6.54 Å². The molecule has 1 N–H and O–H groups in total. The Kier molecular flexibility index (Phi) is 4.65. The zero-order chi connectivity index (χ0) is 18.1. The van der Waals surface area contributed by atoms with Crippen LogP contribution in [0.3, 0.4) is 0 Å². The van der Waals surface area contributed by atoms with Gasteiger partial charge in [0.15, 0.2) is 0 Å². The molecule has 0 spiro atoms. The van der Waals surface area contributed by atoms with E-state index in [0.717, 1.165) is 45.7 Å². The molecule has 1 aliphatic rings. The van der Waals surface area contributed by atoms with Crippen molar-refractivity contribution >= 4 is 33.8 Å². The van der Waals surface area contributed by atoms with Crippen LogP contribution in [0.5, 0.6) is 0 Å². The summed E-state index contributed by atoms with van der Waals surface area (Å²) in [6.07, 6.45) is 4.12. The van der Waals surface area contributed by atoms with Gasteiger partial charge >= 0.3 is 0 Å². The van der Waals surface area contributed by atoms with Crippen molar-refractivity contribution in [3.05, 3.63) is 35.5 Å². The number of hydrogen-bond acceptors (Lipinski definition) is 6. The largest absolute Gasteiger partial charge is 0.310 e. The summed E-state index contributed by atoms with van der Waals surface area (Å²) < 4.78 is 0. The number of amides is 1. The van der Waals surface area contributed by atoms with Gasteiger partial charge in [0, 0.05) is 23.2 Å². The number of likely N-dealkylation sites (tertiary alicyclic amines) is 1.